The first kappa shape index (κ1) is 18.3. The molecule has 0 unspecified atom stereocenters. The quantitative estimate of drug-likeness (QED) is 0.751. The molecule has 0 saturated heterocycles. The molecule has 0 aromatic heterocycles. The van der Waals surface area contributed by atoms with Crippen molar-refractivity contribution in [1.29, 1.82) is 0 Å². The molecule has 8 heteroatoms. The van der Waals surface area contributed by atoms with Crippen molar-refractivity contribution in [3.05, 3.63) is 48.0 Å². The third-order valence-electron chi connectivity index (χ3n) is 3.18. The molecule has 6 nitrogen and oxygen atoms in total. The molecule has 0 aliphatic heterocycles. The summed E-state index contributed by atoms with van der Waals surface area (Å²) in [5.74, 6) is -0.0755. The lowest BCUT2D eigenvalue weighted by atomic mass is 10.3. The van der Waals surface area contributed by atoms with E-state index in [1.807, 2.05) is 0 Å². The molecule has 134 valence electrons. The van der Waals surface area contributed by atoms with Crippen LogP contribution in [0.15, 0.2) is 36.4 Å². The van der Waals surface area contributed by atoms with E-state index < -0.39 is 23.4 Å². The number of amides is 2. The summed E-state index contributed by atoms with van der Waals surface area (Å²) in [6.07, 6.45) is 0. The van der Waals surface area contributed by atoms with Gasteiger partial charge in [-0.3, -0.25) is 0 Å². The van der Waals surface area contributed by atoms with Crippen molar-refractivity contribution in [1.82, 2.24) is 5.32 Å². The molecule has 0 aliphatic rings. The van der Waals surface area contributed by atoms with Gasteiger partial charge in [0.2, 0.25) is 0 Å². The number of halogens is 2. The summed E-state index contributed by atoms with van der Waals surface area (Å²) in [4.78, 5) is 11.7. The molecule has 2 amide bonds. The minimum atomic E-state index is -0.852. The van der Waals surface area contributed by atoms with E-state index in [9.17, 15) is 13.6 Å². The van der Waals surface area contributed by atoms with Crippen molar-refractivity contribution in [3.63, 3.8) is 0 Å². The number of rotatable bonds is 7. The lowest BCUT2D eigenvalue weighted by Crippen LogP contribution is -2.32. The van der Waals surface area contributed by atoms with E-state index in [4.69, 9.17) is 14.2 Å². The van der Waals surface area contributed by atoms with Crippen LogP contribution in [0, 0.1) is 11.6 Å². The van der Waals surface area contributed by atoms with Gasteiger partial charge in [-0.1, -0.05) is 6.07 Å². The average molecular weight is 352 g/mol. The third kappa shape index (κ3) is 5.23. The lowest BCUT2D eigenvalue weighted by Gasteiger charge is -2.11. The molecule has 2 aromatic rings. The number of para-hydroxylation sites is 1. The highest BCUT2D eigenvalue weighted by Gasteiger charge is 2.11. The Morgan fingerprint density at radius 2 is 1.56 bits per heavy atom. The van der Waals surface area contributed by atoms with Gasteiger partial charge in [0.05, 0.1) is 20.8 Å². The Bertz CT molecular complexity index is 698. The van der Waals surface area contributed by atoms with E-state index in [0.29, 0.717) is 17.2 Å². The van der Waals surface area contributed by atoms with Gasteiger partial charge < -0.3 is 24.8 Å². The summed E-state index contributed by atoms with van der Waals surface area (Å²) in [5, 5.41) is 4.56. The Kier molecular flexibility index (Phi) is 6.39. The van der Waals surface area contributed by atoms with Crippen LogP contribution < -0.4 is 24.8 Å². The van der Waals surface area contributed by atoms with Crippen molar-refractivity contribution >= 4 is 11.7 Å². The van der Waals surface area contributed by atoms with Crippen LogP contribution in [0.1, 0.15) is 0 Å². The average Bonchev–Trinajstić information content (AvgIpc) is 2.61. The van der Waals surface area contributed by atoms with Gasteiger partial charge in [0, 0.05) is 18.2 Å². The maximum absolute atomic E-state index is 13.4. The zero-order chi connectivity index (χ0) is 18.2. The topological polar surface area (TPSA) is 68.8 Å². The molecule has 0 aliphatic carbocycles. The molecule has 0 saturated carbocycles. The summed E-state index contributed by atoms with van der Waals surface area (Å²) in [6, 6.07) is 7.60. The van der Waals surface area contributed by atoms with Crippen molar-refractivity contribution in [2.24, 2.45) is 0 Å². The second-order valence-corrected chi connectivity index (χ2v) is 4.87. The summed E-state index contributed by atoms with van der Waals surface area (Å²) < 4.78 is 42.6. The Labute approximate surface area is 143 Å². The van der Waals surface area contributed by atoms with Gasteiger partial charge in [0.25, 0.3) is 0 Å². The maximum atomic E-state index is 13.4. The smallest absolute Gasteiger partial charge is 0.319 e. The van der Waals surface area contributed by atoms with Crippen molar-refractivity contribution in [3.8, 4) is 17.2 Å². The minimum absolute atomic E-state index is 0.126. The van der Waals surface area contributed by atoms with Crippen molar-refractivity contribution in [2.45, 2.75) is 0 Å². The van der Waals surface area contributed by atoms with E-state index in [-0.39, 0.29) is 13.2 Å². The number of anilines is 1. The summed E-state index contributed by atoms with van der Waals surface area (Å²) in [7, 11) is 3.04. The first-order chi connectivity index (χ1) is 12.0. The Hall–Kier alpha value is -3.03. The van der Waals surface area contributed by atoms with Crippen LogP contribution in [0.25, 0.3) is 0 Å². The highest BCUT2D eigenvalue weighted by Crippen LogP contribution is 2.27. The lowest BCUT2D eigenvalue weighted by molar-refractivity contribution is 0.247. The summed E-state index contributed by atoms with van der Waals surface area (Å²) >= 11 is 0. The molecule has 2 aromatic carbocycles. The van der Waals surface area contributed by atoms with Crippen molar-refractivity contribution < 1.29 is 27.8 Å². The number of ether oxygens (including phenoxy) is 3. The van der Waals surface area contributed by atoms with Gasteiger partial charge in [-0.15, -0.1) is 0 Å². The number of benzene rings is 2. The molecule has 0 heterocycles. The Balaban J connectivity index is 1.82. The van der Waals surface area contributed by atoms with E-state index in [2.05, 4.69) is 10.6 Å². The Morgan fingerprint density at radius 1 is 1.00 bits per heavy atom. The van der Waals surface area contributed by atoms with E-state index in [1.54, 1.807) is 18.2 Å². The predicted molar refractivity (Wildman–Crippen MR) is 88.4 cm³/mol. The molecular weight excluding hydrogens is 334 g/mol. The van der Waals surface area contributed by atoms with Crippen LogP contribution in [0.3, 0.4) is 0 Å². The Morgan fingerprint density at radius 3 is 2.12 bits per heavy atom. The summed E-state index contributed by atoms with van der Waals surface area (Å²) in [5.41, 5.74) is -0.501. The van der Waals surface area contributed by atoms with E-state index in [1.165, 1.54) is 20.3 Å². The number of nitrogens with one attached hydrogen (secondary N) is 2. The molecule has 0 radical (unpaired) electrons. The zero-order valence-corrected chi connectivity index (χ0v) is 13.8. The zero-order valence-electron chi connectivity index (χ0n) is 13.8. The molecule has 2 N–H and O–H groups in total. The van der Waals surface area contributed by atoms with Crippen LogP contribution in [-0.4, -0.2) is 33.4 Å². The normalized spacial score (nSPS) is 10.1. The SMILES string of the molecule is COc1cc(OC)cc(OCCNC(=O)Nc2c(F)cccc2F)c1. The van der Waals surface area contributed by atoms with Gasteiger partial charge in [-0.05, 0) is 12.1 Å². The van der Waals surface area contributed by atoms with E-state index in [0.717, 1.165) is 12.1 Å². The van der Waals surface area contributed by atoms with Crippen LogP contribution in [-0.2, 0) is 0 Å². The molecule has 0 spiro atoms. The molecule has 0 fully saturated rings. The molecule has 0 bridgehead atoms. The number of urea groups is 1. The van der Waals surface area contributed by atoms with Gasteiger partial charge in [0.15, 0.2) is 0 Å². The minimum Gasteiger partial charge on any atom is -0.496 e. The fourth-order valence-electron chi connectivity index (χ4n) is 1.97. The third-order valence-corrected chi connectivity index (χ3v) is 3.18. The number of hydrogen-bond acceptors (Lipinski definition) is 4. The predicted octanol–water partition coefficient (Wildman–Crippen LogP) is 3.18. The fourth-order valence-corrected chi connectivity index (χ4v) is 1.97. The maximum Gasteiger partial charge on any atom is 0.319 e. The van der Waals surface area contributed by atoms with Crippen molar-refractivity contribution in [2.75, 3.05) is 32.7 Å². The second kappa shape index (κ2) is 8.72. The van der Waals surface area contributed by atoms with Gasteiger partial charge in [-0.25, -0.2) is 13.6 Å². The number of methoxy groups -OCH3 is 2. The number of carbonyl (C=O) groups is 1. The van der Waals surface area contributed by atoms with Crippen LogP contribution in [0.5, 0.6) is 17.2 Å². The highest BCUT2D eigenvalue weighted by atomic mass is 19.1. The monoisotopic (exact) mass is 352 g/mol. The summed E-state index contributed by atoms with van der Waals surface area (Å²) in [6.45, 7) is 0.269. The van der Waals surface area contributed by atoms with Gasteiger partial charge >= 0.3 is 6.03 Å². The standard InChI is InChI=1S/C17H18F2N2O4/c1-23-11-8-12(24-2)10-13(9-11)25-7-6-20-17(22)21-16-14(18)4-3-5-15(16)19/h3-5,8-10H,6-7H2,1-2H3,(H2,20,21,22). The van der Waals surface area contributed by atoms with Crippen LogP contribution >= 0.6 is 0 Å². The number of carbonyl (C=O) groups excluding carboxylic acids is 1. The number of hydrogen-bond donors (Lipinski definition) is 2. The van der Waals surface area contributed by atoms with Gasteiger partial charge in [-0.2, -0.15) is 0 Å². The first-order valence-electron chi connectivity index (χ1n) is 7.38. The van der Waals surface area contributed by atoms with Crippen LogP contribution in [0.2, 0.25) is 0 Å². The van der Waals surface area contributed by atoms with Gasteiger partial charge in [0.1, 0.15) is 41.2 Å². The molecular formula is C17H18F2N2O4. The highest BCUT2D eigenvalue weighted by molar-refractivity contribution is 5.89. The second-order valence-electron chi connectivity index (χ2n) is 4.87. The molecule has 2 rings (SSSR count). The van der Waals surface area contributed by atoms with E-state index >= 15 is 0 Å². The first-order valence-corrected chi connectivity index (χ1v) is 7.38. The fraction of sp³-hybridized carbons (Fsp3) is 0.235. The molecule has 0 atom stereocenters. The van der Waals surface area contributed by atoms with Crippen LogP contribution in [0.4, 0.5) is 19.3 Å². The molecule has 25 heavy (non-hydrogen) atoms. The largest absolute Gasteiger partial charge is 0.496 e.